The van der Waals surface area contributed by atoms with Crippen LogP contribution in [0.3, 0.4) is 0 Å². The Morgan fingerprint density at radius 1 is 1.07 bits per heavy atom. The Hall–Kier alpha value is -2.42. The van der Waals surface area contributed by atoms with E-state index in [9.17, 15) is 9.18 Å². The number of thioether (sulfide) groups is 1. The van der Waals surface area contributed by atoms with E-state index in [1.54, 1.807) is 12.1 Å². The predicted octanol–water partition coefficient (Wildman–Crippen LogP) is 3.80. The maximum absolute atomic E-state index is 13.0. The van der Waals surface area contributed by atoms with Gasteiger partial charge in [-0.05, 0) is 37.1 Å². The van der Waals surface area contributed by atoms with E-state index in [2.05, 4.69) is 25.6 Å². The van der Waals surface area contributed by atoms with Crippen LogP contribution in [0, 0.1) is 5.82 Å². The molecule has 7 nitrogen and oxygen atoms in total. The molecule has 1 amide bonds. The fourth-order valence-electron chi connectivity index (χ4n) is 3.33. The molecule has 1 aromatic carbocycles. The van der Waals surface area contributed by atoms with Crippen LogP contribution in [0.1, 0.15) is 50.8 Å². The Labute approximate surface area is 174 Å². The number of halogens is 1. The second-order valence-electron chi connectivity index (χ2n) is 7.17. The Morgan fingerprint density at radius 2 is 1.76 bits per heavy atom. The lowest BCUT2D eigenvalue weighted by Gasteiger charge is -2.20. The number of nitrogens with one attached hydrogen (secondary N) is 2. The topological polar surface area (TPSA) is 106 Å². The zero-order chi connectivity index (χ0) is 20.5. The second-order valence-corrected chi connectivity index (χ2v) is 8.15. The first-order valence-electron chi connectivity index (χ1n) is 9.98. The van der Waals surface area contributed by atoms with Crippen molar-refractivity contribution in [2.24, 2.45) is 0 Å². The number of carbonyl (C=O) groups is 1. The van der Waals surface area contributed by atoms with Gasteiger partial charge in [0.2, 0.25) is 17.8 Å². The predicted molar refractivity (Wildman–Crippen MR) is 114 cm³/mol. The highest BCUT2D eigenvalue weighted by atomic mass is 32.2. The molecule has 0 bridgehead atoms. The molecule has 0 spiro atoms. The molecule has 0 aliphatic heterocycles. The van der Waals surface area contributed by atoms with Crippen LogP contribution in [0.15, 0.2) is 24.3 Å². The van der Waals surface area contributed by atoms with E-state index in [4.69, 9.17) is 5.73 Å². The number of amides is 1. The molecule has 1 aliphatic carbocycles. The van der Waals surface area contributed by atoms with Crippen LogP contribution < -0.4 is 16.4 Å². The van der Waals surface area contributed by atoms with Crippen molar-refractivity contribution in [2.45, 2.75) is 56.7 Å². The van der Waals surface area contributed by atoms with Crippen molar-refractivity contribution in [1.29, 1.82) is 0 Å². The van der Waals surface area contributed by atoms with Crippen LogP contribution in [-0.2, 0) is 10.5 Å². The van der Waals surface area contributed by atoms with Gasteiger partial charge in [0, 0.05) is 11.7 Å². The number of benzene rings is 1. The summed E-state index contributed by atoms with van der Waals surface area (Å²) >= 11 is 1.44. The van der Waals surface area contributed by atoms with Gasteiger partial charge in [-0.3, -0.25) is 4.79 Å². The fourth-order valence-corrected chi connectivity index (χ4v) is 4.01. The minimum atomic E-state index is -0.319. The van der Waals surface area contributed by atoms with Crippen molar-refractivity contribution < 1.29 is 9.18 Å². The third-order valence-electron chi connectivity index (χ3n) is 4.73. The molecule has 29 heavy (non-hydrogen) atoms. The molecule has 0 radical (unpaired) electrons. The Kier molecular flexibility index (Phi) is 8.03. The summed E-state index contributed by atoms with van der Waals surface area (Å²) in [6.07, 6.45) is 8.34. The molecule has 1 fully saturated rings. The minimum absolute atomic E-state index is 0.0484. The number of rotatable bonds is 7. The number of nitrogens with two attached hydrogens (primary N) is 1. The van der Waals surface area contributed by atoms with Gasteiger partial charge in [0.25, 0.3) is 0 Å². The number of nitrogens with zero attached hydrogens (tertiary/aromatic N) is 3. The van der Waals surface area contributed by atoms with Gasteiger partial charge in [0.15, 0.2) is 0 Å². The first kappa shape index (κ1) is 21.3. The van der Waals surface area contributed by atoms with Crippen LogP contribution in [0.2, 0.25) is 0 Å². The molecule has 2 aromatic rings. The highest BCUT2D eigenvalue weighted by Gasteiger charge is 2.14. The lowest BCUT2D eigenvalue weighted by Crippen LogP contribution is -2.36. The molecule has 1 heterocycles. The van der Waals surface area contributed by atoms with Gasteiger partial charge in [0.1, 0.15) is 11.6 Å². The van der Waals surface area contributed by atoms with Gasteiger partial charge in [-0.25, -0.2) is 4.39 Å². The van der Waals surface area contributed by atoms with Crippen LogP contribution in [0.5, 0.6) is 0 Å². The number of anilines is 3. The summed E-state index contributed by atoms with van der Waals surface area (Å²) in [6.45, 7) is 0. The smallest absolute Gasteiger partial charge is 0.232 e. The SMILES string of the molecule is Nc1nc(CSCC(=O)NC2CCCCCCC2)nc(Nc2ccc(F)cc2)n1. The number of aromatic nitrogens is 3. The summed E-state index contributed by atoms with van der Waals surface area (Å²) in [5, 5.41) is 6.13. The summed E-state index contributed by atoms with van der Waals surface area (Å²) in [6, 6.07) is 6.16. The molecule has 156 valence electrons. The summed E-state index contributed by atoms with van der Waals surface area (Å²) in [5.74, 6) is 1.41. The van der Waals surface area contributed by atoms with E-state index in [0.29, 0.717) is 35.0 Å². The number of hydrogen-bond acceptors (Lipinski definition) is 7. The van der Waals surface area contributed by atoms with Crippen molar-refractivity contribution in [1.82, 2.24) is 20.3 Å². The minimum Gasteiger partial charge on any atom is -0.368 e. The third-order valence-corrected chi connectivity index (χ3v) is 5.66. The molecule has 0 saturated heterocycles. The quantitative estimate of drug-likeness (QED) is 0.628. The lowest BCUT2D eigenvalue weighted by atomic mass is 9.97. The Bertz CT molecular complexity index is 796. The maximum Gasteiger partial charge on any atom is 0.232 e. The van der Waals surface area contributed by atoms with E-state index in [-0.39, 0.29) is 17.7 Å². The van der Waals surface area contributed by atoms with Crippen LogP contribution in [-0.4, -0.2) is 32.7 Å². The van der Waals surface area contributed by atoms with Crippen molar-refractivity contribution in [3.63, 3.8) is 0 Å². The van der Waals surface area contributed by atoms with Gasteiger partial charge in [-0.2, -0.15) is 15.0 Å². The van der Waals surface area contributed by atoms with Gasteiger partial charge in [-0.15, -0.1) is 11.8 Å². The number of hydrogen-bond donors (Lipinski definition) is 3. The van der Waals surface area contributed by atoms with E-state index < -0.39 is 0 Å². The van der Waals surface area contributed by atoms with Crippen molar-refractivity contribution in [3.05, 3.63) is 35.9 Å². The molecule has 1 aromatic heterocycles. The lowest BCUT2D eigenvalue weighted by molar-refractivity contribution is -0.119. The summed E-state index contributed by atoms with van der Waals surface area (Å²) in [4.78, 5) is 24.8. The largest absolute Gasteiger partial charge is 0.368 e. The van der Waals surface area contributed by atoms with Crippen molar-refractivity contribution in [2.75, 3.05) is 16.8 Å². The van der Waals surface area contributed by atoms with Crippen LogP contribution in [0.25, 0.3) is 0 Å². The average molecular weight is 419 g/mol. The molecule has 0 atom stereocenters. The van der Waals surface area contributed by atoms with Gasteiger partial charge in [0.05, 0.1) is 11.5 Å². The molecule has 0 unspecified atom stereocenters. The molecule has 3 rings (SSSR count). The molecular weight excluding hydrogens is 391 g/mol. The third kappa shape index (κ3) is 7.49. The number of carbonyl (C=O) groups excluding carboxylic acids is 1. The first-order chi connectivity index (χ1) is 14.1. The van der Waals surface area contributed by atoms with E-state index in [1.165, 1.54) is 56.0 Å². The molecule has 1 saturated carbocycles. The van der Waals surface area contributed by atoms with Crippen molar-refractivity contribution in [3.8, 4) is 0 Å². The highest BCUT2D eigenvalue weighted by molar-refractivity contribution is 7.99. The fraction of sp³-hybridized carbons (Fsp3) is 0.500. The van der Waals surface area contributed by atoms with Gasteiger partial charge >= 0.3 is 0 Å². The maximum atomic E-state index is 13.0. The monoisotopic (exact) mass is 418 g/mol. The van der Waals surface area contributed by atoms with E-state index in [1.807, 2.05) is 0 Å². The summed E-state index contributed by atoms with van der Waals surface area (Å²) in [7, 11) is 0. The summed E-state index contributed by atoms with van der Waals surface area (Å²) < 4.78 is 13.0. The second kappa shape index (κ2) is 10.9. The zero-order valence-electron chi connectivity index (χ0n) is 16.4. The van der Waals surface area contributed by atoms with E-state index in [0.717, 1.165) is 12.8 Å². The van der Waals surface area contributed by atoms with Crippen LogP contribution >= 0.6 is 11.8 Å². The standard InChI is InChI=1S/C20H27FN6OS/c21-14-8-10-16(11-9-14)24-20-26-17(25-19(22)27-20)12-29-13-18(28)23-15-6-4-2-1-3-5-7-15/h8-11,15H,1-7,12-13H2,(H,23,28)(H3,22,24,25,26,27). The number of nitrogen functional groups attached to an aromatic ring is 1. The molecule has 9 heteroatoms. The molecule has 1 aliphatic rings. The first-order valence-corrected chi connectivity index (χ1v) is 11.1. The van der Waals surface area contributed by atoms with Gasteiger partial charge in [-0.1, -0.05) is 32.1 Å². The average Bonchev–Trinajstić information content (AvgIpc) is 2.65. The molecule has 4 N–H and O–H groups in total. The van der Waals surface area contributed by atoms with Crippen LogP contribution in [0.4, 0.5) is 22.0 Å². The summed E-state index contributed by atoms with van der Waals surface area (Å²) in [5.41, 5.74) is 6.42. The zero-order valence-corrected chi connectivity index (χ0v) is 17.2. The van der Waals surface area contributed by atoms with E-state index >= 15 is 0 Å². The van der Waals surface area contributed by atoms with Crippen molar-refractivity contribution >= 4 is 35.3 Å². The Morgan fingerprint density at radius 3 is 2.48 bits per heavy atom. The normalized spacial score (nSPS) is 15.3. The van der Waals surface area contributed by atoms with Gasteiger partial charge < -0.3 is 16.4 Å². The Balaban J connectivity index is 1.47. The highest BCUT2D eigenvalue weighted by Crippen LogP contribution is 2.18. The molecular formula is C20H27FN6OS.